The Balaban J connectivity index is 2.52. The highest BCUT2D eigenvalue weighted by Gasteiger charge is 2.21. The number of rotatable bonds is 20. The molecule has 1 aromatic carbocycles. The highest BCUT2D eigenvalue weighted by atomic mass is 16.6. The molecule has 0 bridgehead atoms. The van der Waals surface area contributed by atoms with Crippen molar-refractivity contribution in [3.63, 3.8) is 0 Å². The Labute approximate surface area is 271 Å². The van der Waals surface area contributed by atoms with Gasteiger partial charge < -0.3 is 28.4 Å². The fourth-order valence-electron chi connectivity index (χ4n) is 3.75. The van der Waals surface area contributed by atoms with E-state index in [1.807, 2.05) is 18.2 Å². The molecule has 0 fully saturated rings. The summed E-state index contributed by atoms with van der Waals surface area (Å²) >= 11 is 0. The second kappa shape index (κ2) is 21.0. The zero-order chi connectivity index (χ0) is 34.6. The van der Waals surface area contributed by atoms with Crippen LogP contribution in [0.4, 0.5) is 0 Å². The SMILES string of the molecule is CC(C)(C)OC(=O)CCCCC(=O)OC[C@H](COC(=O)CCC(=O)OCc1ccccc1)OC(=O)CCCCC(=O)OC(C)(C)C. The highest BCUT2D eigenvalue weighted by molar-refractivity contribution is 5.77. The van der Waals surface area contributed by atoms with Crippen molar-refractivity contribution in [3.05, 3.63) is 35.9 Å². The Morgan fingerprint density at radius 3 is 1.37 bits per heavy atom. The quantitative estimate of drug-likeness (QED) is 0.102. The van der Waals surface area contributed by atoms with Gasteiger partial charge in [-0.1, -0.05) is 30.3 Å². The molecule has 1 aromatic rings. The summed E-state index contributed by atoms with van der Waals surface area (Å²) < 4.78 is 31.5. The molecule has 0 aliphatic carbocycles. The van der Waals surface area contributed by atoms with Crippen LogP contribution in [0.3, 0.4) is 0 Å². The summed E-state index contributed by atoms with van der Waals surface area (Å²) in [4.78, 5) is 72.7. The van der Waals surface area contributed by atoms with Gasteiger partial charge in [-0.2, -0.15) is 0 Å². The number of unbranched alkanes of at least 4 members (excludes halogenated alkanes) is 2. The summed E-state index contributed by atoms with van der Waals surface area (Å²) in [6, 6.07) is 9.09. The first-order chi connectivity index (χ1) is 21.5. The van der Waals surface area contributed by atoms with Gasteiger partial charge in [-0.15, -0.1) is 0 Å². The third-order valence-corrected chi connectivity index (χ3v) is 5.80. The van der Waals surface area contributed by atoms with Crippen molar-refractivity contribution in [1.29, 1.82) is 0 Å². The molecule has 1 rings (SSSR count). The lowest BCUT2D eigenvalue weighted by atomic mass is 10.1. The molecule has 0 spiro atoms. The van der Waals surface area contributed by atoms with E-state index in [1.54, 1.807) is 53.7 Å². The van der Waals surface area contributed by atoms with Crippen LogP contribution in [0.2, 0.25) is 0 Å². The minimum Gasteiger partial charge on any atom is -0.462 e. The zero-order valence-corrected chi connectivity index (χ0v) is 28.1. The largest absolute Gasteiger partial charge is 0.462 e. The Bertz CT molecular complexity index is 1120. The van der Waals surface area contributed by atoms with E-state index in [0.717, 1.165) is 5.56 Å². The van der Waals surface area contributed by atoms with Crippen LogP contribution in [0.5, 0.6) is 0 Å². The highest BCUT2D eigenvalue weighted by Crippen LogP contribution is 2.13. The van der Waals surface area contributed by atoms with Crippen LogP contribution < -0.4 is 0 Å². The van der Waals surface area contributed by atoms with Gasteiger partial charge in [-0.05, 0) is 72.8 Å². The minimum absolute atomic E-state index is 0.0148. The van der Waals surface area contributed by atoms with E-state index < -0.39 is 47.8 Å². The molecule has 0 heterocycles. The van der Waals surface area contributed by atoms with Crippen molar-refractivity contribution >= 4 is 35.8 Å². The normalized spacial score (nSPS) is 12.0. The first-order valence-corrected chi connectivity index (χ1v) is 15.7. The fraction of sp³-hybridized carbons (Fsp3) is 0.647. The molecular weight excluding hydrogens is 600 g/mol. The van der Waals surface area contributed by atoms with Crippen molar-refractivity contribution in [1.82, 2.24) is 0 Å². The van der Waals surface area contributed by atoms with Crippen LogP contribution in [-0.4, -0.2) is 66.3 Å². The third kappa shape index (κ3) is 22.5. The van der Waals surface area contributed by atoms with Gasteiger partial charge in [0.05, 0.1) is 12.8 Å². The second-order valence-corrected chi connectivity index (χ2v) is 12.7. The number of esters is 6. The molecule has 0 amide bonds. The van der Waals surface area contributed by atoms with E-state index >= 15 is 0 Å². The molecule has 0 N–H and O–H groups in total. The van der Waals surface area contributed by atoms with Gasteiger partial charge in [0.25, 0.3) is 0 Å². The molecule has 0 unspecified atom stereocenters. The first kappa shape index (κ1) is 40.1. The Morgan fingerprint density at radius 1 is 0.522 bits per heavy atom. The van der Waals surface area contributed by atoms with E-state index in [9.17, 15) is 28.8 Å². The molecule has 0 saturated carbocycles. The summed E-state index contributed by atoms with van der Waals surface area (Å²) in [5.41, 5.74) is -0.375. The predicted octanol–water partition coefficient (Wildman–Crippen LogP) is 5.31. The van der Waals surface area contributed by atoms with Crippen molar-refractivity contribution in [2.45, 2.75) is 130 Å². The smallest absolute Gasteiger partial charge is 0.306 e. The number of ether oxygens (including phenoxy) is 6. The maximum atomic E-state index is 12.5. The van der Waals surface area contributed by atoms with Gasteiger partial charge in [0, 0.05) is 25.7 Å². The predicted molar refractivity (Wildman–Crippen MR) is 166 cm³/mol. The molecule has 0 aliphatic heterocycles. The summed E-state index contributed by atoms with van der Waals surface area (Å²) in [6.07, 6.45) is 0.347. The van der Waals surface area contributed by atoms with Crippen LogP contribution in [0, 0.1) is 0 Å². The van der Waals surface area contributed by atoms with Crippen molar-refractivity contribution in [2.75, 3.05) is 13.2 Å². The number of benzene rings is 1. The maximum Gasteiger partial charge on any atom is 0.306 e. The van der Waals surface area contributed by atoms with Crippen molar-refractivity contribution in [2.24, 2.45) is 0 Å². The van der Waals surface area contributed by atoms with Gasteiger partial charge in [0.15, 0.2) is 6.10 Å². The third-order valence-electron chi connectivity index (χ3n) is 5.80. The number of carbonyl (C=O) groups is 6. The standard InChI is InChI=1S/C34H50O12/c1-33(2,3)45-31(39)18-12-10-16-27(35)42-23-26(44-30(38)17-11-13-19-32(40)46-34(4,5)6)24-43-29(37)21-20-28(36)41-22-25-14-8-7-9-15-25/h7-9,14-15,26H,10-13,16-24H2,1-6H3/t26-/m1/s1. The van der Waals surface area contributed by atoms with E-state index in [0.29, 0.717) is 25.7 Å². The summed E-state index contributed by atoms with van der Waals surface area (Å²) in [5.74, 6) is -3.21. The van der Waals surface area contributed by atoms with Crippen LogP contribution in [0.15, 0.2) is 30.3 Å². The van der Waals surface area contributed by atoms with Crippen LogP contribution in [0.25, 0.3) is 0 Å². The van der Waals surface area contributed by atoms with Crippen LogP contribution in [0.1, 0.15) is 111 Å². The molecule has 12 heteroatoms. The molecule has 46 heavy (non-hydrogen) atoms. The van der Waals surface area contributed by atoms with Crippen LogP contribution in [-0.2, 0) is 63.8 Å². The van der Waals surface area contributed by atoms with Crippen molar-refractivity contribution < 1.29 is 57.2 Å². The molecular formula is C34H50O12. The van der Waals surface area contributed by atoms with Gasteiger partial charge >= 0.3 is 35.8 Å². The summed E-state index contributed by atoms with van der Waals surface area (Å²) in [6.45, 7) is 9.94. The molecule has 0 saturated heterocycles. The average molecular weight is 651 g/mol. The lowest BCUT2D eigenvalue weighted by molar-refractivity contribution is -0.167. The molecule has 258 valence electrons. The Kier molecular flexibility index (Phi) is 18.2. The second-order valence-electron chi connectivity index (χ2n) is 12.7. The Morgan fingerprint density at radius 2 is 0.913 bits per heavy atom. The number of hydrogen-bond acceptors (Lipinski definition) is 12. The van der Waals surface area contributed by atoms with E-state index in [4.69, 9.17) is 28.4 Å². The first-order valence-electron chi connectivity index (χ1n) is 15.7. The Hall–Kier alpha value is -3.96. The van der Waals surface area contributed by atoms with E-state index in [1.165, 1.54) is 0 Å². The van der Waals surface area contributed by atoms with Gasteiger partial charge in [0.2, 0.25) is 0 Å². The number of hydrogen-bond donors (Lipinski definition) is 0. The lowest BCUT2D eigenvalue weighted by Crippen LogP contribution is -2.31. The zero-order valence-electron chi connectivity index (χ0n) is 28.1. The van der Waals surface area contributed by atoms with Crippen LogP contribution >= 0.6 is 0 Å². The van der Waals surface area contributed by atoms with E-state index in [2.05, 4.69) is 0 Å². The van der Waals surface area contributed by atoms with Gasteiger partial charge in [0.1, 0.15) is 31.0 Å². The molecule has 1 atom stereocenters. The monoisotopic (exact) mass is 650 g/mol. The number of carbonyl (C=O) groups excluding carboxylic acids is 6. The lowest BCUT2D eigenvalue weighted by Gasteiger charge is -2.19. The molecule has 0 aliphatic rings. The maximum absolute atomic E-state index is 12.5. The molecule has 0 aromatic heterocycles. The van der Waals surface area contributed by atoms with Crippen molar-refractivity contribution in [3.8, 4) is 0 Å². The van der Waals surface area contributed by atoms with Gasteiger partial charge in [-0.25, -0.2) is 0 Å². The molecule has 12 nitrogen and oxygen atoms in total. The summed E-state index contributed by atoms with van der Waals surface area (Å²) in [7, 11) is 0. The fourth-order valence-corrected chi connectivity index (χ4v) is 3.75. The minimum atomic E-state index is -1.09. The average Bonchev–Trinajstić information content (AvgIpc) is 2.95. The van der Waals surface area contributed by atoms with Gasteiger partial charge in [-0.3, -0.25) is 28.8 Å². The summed E-state index contributed by atoms with van der Waals surface area (Å²) in [5, 5.41) is 0. The molecule has 0 radical (unpaired) electrons. The topological polar surface area (TPSA) is 158 Å². The van der Waals surface area contributed by atoms with E-state index in [-0.39, 0.29) is 63.7 Å².